The number of ether oxygens (including phenoxy) is 2. The molecule has 0 radical (unpaired) electrons. The van der Waals surface area contributed by atoms with Crippen molar-refractivity contribution in [3.8, 4) is 11.5 Å². The molecule has 0 aromatic heterocycles. The van der Waals surface area contributed by atoms with E-state index in [2.05, 4.69) is 15.9 Å². The summed E-state index contributed by atoms with van der Waals surface area (Å²) in [7, 11) is 0. The van der Waals surface area contributed by atoms with E-state index in [0.717, 1.165) is 10.0 Å². The van der Waals surface area contributed by atoms with Crippen molar-refractivity contribution in [3.63, 3.8) is 0 Å². The van der Waals surface area contributed by atoms with Gasteiger partial charge in [0.2, 0.25) is 0 Å². The van der Waals surface area contributed by atoms with Crippen LogP contribution in [0.15, 0.2) is 70.0 Å². The third-order valence-electron chi connectivity index (χ3n) is 4.80. The SMILES string of the molecule is CCOc1cc(/C=C2/SC(=S)N(c3ccc(Br)cc3)C2=O)cc(Cl)c1OCc1ccc(Cl)cc1. The number of benzene rings is 3. The molecule has 34 heavy (non-hydrogen) atoms. The first-order valence-corrected chi connectivity index (χ1v) is 13.0. The Labute approximate surface area is 226 Å². The molecule has 1 fully saturated rings. The van der Waals surface area contributed by atoms with E-state index < -0.39 is 0 Å². The largest absolute Gasteiger partial charge is 0.490 e. The Balaban J connectivity index is 1.59. The lowest BCUT2D eigenvalue weighted by atomic mass is 10.1. The standard InChI is InChI=1S/C25H18BrCl2NO3S2/c1-2-31-21-12-16(11-20(28)23(21)32-14-15-3-7-18(27)8-4-15)13-22-24(30)29(25(33)34-22)19-9-5-17(26)6-10-19/h3-13H,2,14H2,1H3/b22-13+. The Kier molecular flexibility index (Phi) is 8.22. The number of hydrogen-bond donors (Lipinski definition) is 0. The summed E-state index contributed by atoms with van der Waals surface area (Å²) in [4.78, 5) is 15.1. The summed E-state index contributed by atoms with van der Waals surface area (Å²) in [6.07, 6.45) is 1.76. The highest BCUT2D eigenvalue weighted by atomic mass is 79.9. The van der Waals surface area contributed by atoms with Gasteiger partial charge >= 0.3 is 0 Å². The number of carbonyl (C=O) groups is 1. The van der Waals surface area contributed by atoms with Crippen LogP contribution in [0.5, 0.6) is 11.5 Å². The van der Waals surface area contributed by atoms with Crippen LogP contribution in [0, 0.1) is 0 Å². The average Bonchev–Trinajstić information content (AvgIpc) is 3.08. The van der Waals surface area contributed by atoms with Gasteiger partial charge in [0.15, 0.2) is 15.8 Å². The monoisotopic (exact) mass is 593 g/mol. The zero-order valence-electron chi connectivity index (χ0n) is 17.9. The first kappa shape index (κ1) is 25.1. The summed E-state index contributed by atoms with van der Waals surface area (Å²) < 4.78 is 13.2. The predicted molar refractivity (Wildman–Crippen MR) is 148 cm³/mol. The van der Waals surface area contributed by atoms with Gasteiger partial charge in [-0.1, -0.05) is 75.2 Å². The summed E-state index contributed by atoms with van der Waals surface area (Å²) in [5.41, 5.74) is 2.38. The topological polar surface area (TPSA) is 38.8 Å². The molecule has 1 aliphatic rings. The van der Waals surface area contributed by atoms with Crippen LogP contribution in [0.4, 0.5) is 5.69 Å². The van der Waals surface area contributed by atoms with Crippen molar-refractivity contribution in [3.05, 3.63) is 91.2 Å². The van der Waals surface area contributed by atoms with Crippen LogP contribution in [0.3, 0.4) is 0 Å². The minimum atomic E-state index is -0.186. The molecule has 4 nitrogen and oxygen atoms in total. The first-order chi connectivity index (χ1) is 16.4. The fourth-order valence-electron chi connectivity index (χ4n) is 3.24. The third kappa shape index (κ3) is 5.78. The summed E-state index contributed by atoms with van der Waals surface area (Å²) in [5.74, 6) is 0.756. The maximum absolute atomic E-state index is 13.1. The highest BCUT2D eigenvalue weighted by Gasteiger charge is 2.33. The number of hydrogen-bond acceptors (Lipinski definition) is 5. The van der Waals surface area contributed by atoms with Gasteiger partial charge in [0.05, 0.1) is 22.2 Å². The number of rotatable bonds is 7. The van der Waals surface area contributed by atoms with E-state index in [4.69, 9.17) is 44.9 Å². The fourth-order valence-corrected chi connectivity index (χ4v) is 5.21. The minimum Gasteiger partial charge on any atom is -0.490 e. The molecule has 3 aromatic carbocycles. The van der Waals surface area contributed by atoms with Gasteiger partial charge in [-0.3, -0.25) is 9.69 Å². The van der Waals surface area contributed by atoms with Gasteiger partial charge in [0.1, 0.15) is 6.61 Å². The molecular weight excluding hydrogens is 577 g/mol. The van der Waals surface area contributed by atoms with E-state index in [1.165, 1.54) is 16.7 Å². The number of halogens is 3. The van der Waals surface area contributed by atoms with Gasteiger partial charge in [0.25, 0.3) is 5.91 Å². The number of carbonyl (C=O) groups excluding carboxylic acids is 1. The second-order valence-electron chi connectivity index (χ2n) is 7.17. The highest BCUT2D eigenvalue weighted by molar-refractivity contribution is 9.10. The molecule has 0 spiro atoms. The van der Waals surface area contributed by atoms with Crippen molar-refractivity contribution < 1.29 is 14.3 Å². The zero-order valence-corrected chi connectivity index (χ0v) is 22.6. The fraction of sp³-hybridized carbons (Fsp3) is 0.120. The molecule has 9 heteroatoms. The van der Waals surface area contributed by atoms with Gasteiger partial charge in [-0.15, -0.1) is 0 Å². The van der Waals surface area contributed by atoms with Crippen molar-refractivity contribution in [2.45, 2.75) is 13.5 Å². The average molecular weight is 595 g/mol. The number of amides is 1. The van der Waals surface area contributed by atoms with Crippen LogP contribution >= 0.6 is 63.1 Å². The van der Waals surface area contributed by atoms with Crippen molar-refractivity contribution in [1.82, 2.24) is 0 Å². The molecule has 1 heterocycles. The first-order valence-electron chi connectivity index (χ1n) is 10.2. The Morgan fingerprint density at radius 2 is 1.76 bits per heavy atom. The lowest BCUT2D eigenvalue weighted by Crippen LogP contribution is -2.27. The lowest BCUT2D eigenvalue weighted by molar-refractivity contribution is -0.113. The van der Waals surface area contributed by atoms with Crippen molar-refractivity contribution in [2.24, 2.45) is 0 Å². The number of nitrogens with zero attached hydrogens (tertiary/aromatic N) is 1. The van der Waals surface area contributed by atoms with Crippen molar-refractivity contribution in [1.29, 1.82) is 0 Å². The van der Waals surface area contributed by atoms with Crippen molar-refractivity contribution >= 4 is 85.1 Å². The quantitative estimate of drug-likeness (QED) is 0.204. The maximum atomic E-state index is 13.1. The van der Waals surface area contributed by atoms with Crippen LogP contribution in [0.1, 0.15) is 18.1 Å². The molecule has 0 bridgehead atoms. The summed E-state index contributed by atoms with van der Waals surface area (Å²) >= 11 is 22.6. The summed E-state index contributed by atoms with van der Waals surface area (Å²) in [6.45, 7) is 2.62. The van der Waals surface area contributed by atoms with Crippen LogP contribution in [-0.2, 0) is 11.4 Å². The molecule has 4 rings (SSSR count). The Hall–Kier alpha value is -2.03. The maximum Gasteiger partial charge on any atom is 0.270 e. The molecule has 0 N–H and O–H groups in total. The van der Waals surface area contributed by atoms with Crippen molar-refractivity contribution in [2.75, 3.05) is 11.5 Å². The molecule has 0 atom stereocenters. The Morgan fingerprint density at radius 1 is 1.06 bits per heavy atom. The normalized spacial score (nSPS) is 14.7. The van der Waals surface area contributed by atoms with Gasteiger partial charge < -0.3 is 9.47 Å². The second-order valence-corrected chi connectivity index (χ2v) is 10.6. The van der Waals surface area contributed by atoms with E-state index in [1.54, 1.807) is 30.3 Å². The molecule has 1 saturated heterocycles. The molecule has 174 valence electrons. The third-order valence-corrected chi connectivity index (χ3v) is 7.17. The van der Waals surface area contributed by atoms with E-state index in [9.17, 15) is 4.79 Å². The Bertz CT molecular complexity index is 1260. The smallest absolute Gasteiger partial charge is 0.270 e. The summed E-state index contributed by atoms with van der Waals surface area (Å²) in [6, 6.07) is 18.4. The van der Waals surface area contributed by atoms with E-state index in [1.807, 2.05) is 43.3 Å². The van der Waals surface area contributed by atoms with Gasteiger partial charge in [-0.05, 0) is 72.7 Å². The second kappa shape index (κ2) is 11.1. The number of thioether (sulfide) groups is 1. The molecule has 1 amide bonds. The molecule has 0 unspecified atom stereocenters. The minimum absolute atomic E-state index is 0.186. The summed E-state index contributed by atoms with van der Waals surface area (Å²) in [5, 5.41) is 1.04. The lowest BCUT2D eigenvalue weighted by Gasteiger charge is -2.15. The van der Waals surface area contributed by atoms with Gasteiger partial charge in [0, 0.05) is 9.50 Å². The van der Waals surface area contributed by atoms with Crippen LogP contribution in [0.25, 0.3) is 6.08 Å². The molecule has 1 aliphatic heterocycles. The highest BCUT2D eigenvalue weighted by Crippen LogP contribution is 2.40. The predicted octanol–water partition coefficient (Wildman–Crippen LogP) is 8.14. The van der Waals surface area contributed by atoms with Crippen LogP contribution < -0.4 is 14.4 Å². The van der Waals surface area contributed by atoms with E-state index >= 15 is 0 Å². The Morgan fingerprint density at radius 3 is 2.44 bits per heavy atom. The molecule has 0 saturated carbocycles. The zero-order chi connectivity index (χ0) is 24.2. The van der Waals surface area contributed by atoms with Gasteiger partial charge in [-0.2, -0.15) is 0 Å². The number of anilines is 1. The van der Waals surface area contributed by atoms with Crippen LogP contribution in [-0.4, -0.2) is 16.8 Å². The molecule has 3 aromatic rings. The van der Waals surface area contributed by atoms with E-state index in [0.29, 0.717) is 55.2 Å². The van der Waals surface area contributed by atoms with E-state index in [-0.39, 0.29) is 5.91 Å². The van der Waals surface area contributed by atoms with Crippen LogP contribution in [0.2, 0.25) is 10.0 Å². The number of thiocarbonyl (C=S) groups is 1. The molecular formula is C25H18BrCl2NO3S2. The molecule has 0 aliphatic carbocycles. The van der Waals surface area contributed by atoms with Gasteiger partial charge in [-0.25, -0.2) is 0 Å².